The Labute approximate surface area is 111 Å². The molecular formula is C13H18N2O4. The van der Waals surface area contributed by atoms with Gasteiger partial charge in [0, 0.05) is 18.3 Å². The van der Waals surface area contributed by atoms with Crippen molar-refractivity contribution in [3.8, 4) is 0 Å². The van der Waals surface area contributed by atoms with Crippen LogP contribution in [0.15, 0.2) is 23.1 Å². The zero-order valence-electron chi connectivity index (χ0n) is 11.3. The zero-order valence-corrected chi connectivity index (χ0v) is 11.3. The molecule has 0 spiro atoms. The summed E-state index contributed by atoms with van der Waals surface area (Å²) >= 11 is 0. The first-order valence-electron chi connectivity index (χ1n) is 6.11. The molecule has 0 saturated heterocycles. The van der Waals surface area contributed by atoms with Gasteiger partial charge in [-0.15, -0.1) is 0 Å². The maximum absolute atomic E-state index is 12.2. The molecule has 6 nitrogen and oxygen atoms in total. The van der Waals surface area contributed by atoms with Crippen molar-refractivity contribution in [2.45, 2.75) is 26.8 Å². The number of nitrogens with zero attached hydrogens (tertiary/aromatic N) is 1. The molecule has 0 fully saturated rings. The summed E-state index contributed by atoms with van der Waals surface area (Å²) in [6.07, 6.45) is 1.34. The zero-order chi connectivity index (χ0) is 14.4. The number of rotatable bonds is 5. The van der Waals surface area contributed by atoms with Crippen molar-refractivity contribution in [3.05, 3.63) is 34.2 Å². The van der Waals surface area contributed by atoms with E-state index in [2.05, 4.69) is 4.98 Å². The molecule has 0 unspecified atom stereocenters. The first-order valence-corrected chi connectivity index (χ1v) is 6.11. The number of aromatic nitrogens is 1. The molecule has 0 atom stereocenters. The van der Waals surface area contributed by atoms with Gasteiger partial charge >= 0.3 is 5.97 Å². The molecule has 6 heteroatoms. The highest BCUT2D eigenvalue weighted by Gasteiger charge is 2.22. The maximum Gasteiger partial charge on any atom is 0.325 e. The van der Waals surface area contributed by atoms with E-state index < -0.39 is 5.97 Å². The number of hydrogen-bond donors (Lipinski definition) is 1. The summed E-state index contributed by atoms with van der Waals surface area (Å²) < 4.78 is 4.84. The summed E-state index contributed by atoms with van der Waals surface area (Å²) in [4.78, 5) is 38.5. The van der Waals surface area contributed by atoms with E-state index in [0.717, 1.165) is 0 Å². The van der Waals surface area contributed by atoms with Gasteiger partial charge in [0.15, 0.2) is 0 Å². The van der Waals surface area contributed by atoms with Crippen molar-refractivity contribution in [1.29, 1.82) is 0 Å². The van der Waals surface area contributed by atoms with Gasteiger partial charge in [0.2, 0.25) is 5.56 Å². The number of pyridine rings is 1. The molecule has 104 valence electrons. The van der Waals surface area contributed by atoms with Crippen molar-refractivity contribution in [1.82, 2.24) is 9.88 Å². The number of carbonyl (C=O) groups is 2. The largest absolute Gasteiger partial charge is 0.465 e. The highest BCUT2D eigenvalue weighted by molar-refractivity contribution is 5.95. The van der Waals surface area contributed by atoms with Crippen molar-refractivity contribution in [2.75, 3.05) is 13.2 Å². The first-order chi connectivity index (χ1) is 8.95. The van der Waals surface area contributed by atoms with Gasteiger partial charge in [-0.3, -0.25) is 14.4 Å². The molecular weight excluding hydrogens is 248 g/mol. The molecule has 0 radical (unpaired) electrons. The fraction of sp³-hybridized carbons (Fsp3) is 0.462. The Morgan fingerprint density at radius 2 is 2.05 bits per heavy atom. The van der Waals surface area contributed by atoms with Crippen LogP contribution in [0.25, 0.3) is 0 Å². The Bertz CT molecular complexity index is 487. The van der Waals surface area contributed by atoms with Crippen molar-refractivity contribution in [2.24, 2.45) is 0 Å². The number of ether oxygens (including phenoxy) is 1. The number of aromatic amines is 1. The predicted octanol–water partition coefficient (Wildman–Crippen LogP) is 0.789. The van der Waals surface area contributed by atoms with E-state index in [1.165, 1.54) is 23.2 Å². The molecule has 19 heavy (non-hydrogen) atoms. The molecule has 0 aliphatic rings. The Balaban J connectivity index is 2.87. The van der Waals surface area contributed by atoms with Gasteiger partial charge < -0.3 is 14.6 Å². The molecule has 1 rings (SSSR count). The predicted molar refractivity (Wildman–Crippen MR) is 69.9 cm³/mol. The number of carbonyl (C=O) groups excluding carboxylic acids is 2. The summed E-state index contributed by atoms with van der Waals surface area (Å²) in [5, 5.41) is 0. The molecule has 0 aromatic carbocycles. The van der Waals surface area contributed by atoms with Crippen LogP contribution >= 0.6 is 0 Å². The second-order valence-corrected chi connectivity index (χ2v) is 4.27. The maximum atomic E-state index is 12.2. The Morgan fingerprint density at radius 3 is 2.53 bits per heavy atom. The second-order valence-electron chi connectivity index (χ2n) is 4.27. The standard InChI is InChI=1S/C13H18N2O4/c1-4-19-12(17)8-15(9(2)3)13(18)10-5-6-11(16)14-7-10/h5-7,9H,4,8H2,1-3H3,(H,14,16). The van der Waals surface area contributed by atoms with Crippen LogP contribution in [0.2, 0.25) is 0 Å². The van der Waals surface area contributed by atoms with Crippen molar-refractivity contribution < 1.29 is 14.3 Å². The first kappa shape index (κ1) is 14.9. The lowest BCUT2D eigenvalue weighted by Gasteiger charge is -2.25. The van der Waals surface area contributed by atoms with Crippen LogP contribution in [-0.4, -0.2) is 41.0 Å². The normalized spacial score (nSPS) is 10.3. The van der Waals surface area contributed by atoms with Gasteiger partial charge in [0.25, 0.3) is 5.91 Å². The molecule has 1 aromatic heterocycles. The molecule has 1 N–H and O–H groups in total. The SMILES string of the molecule is CCOC(=O)CN(C(=O)c1ccc(=O)[nH]c1)C(C)C. The molecule has 0 aliphatic heterocycles. The molecule has 0 aliphatic carbocycles. The van der Waals surface area contributed by atoms with Gasteiger partial charge in [0.1, 0.15) is 6.54 Å². The van der Waals surface area contributed by atoms with Crippen LogP contribution in [0.4, 0.5) is 0 Å². The molecule has 1 aromatic rings. The average molecular weight is 266 g/mol. The summed E-state index contributed by atoms with van der Waals surface area (Å²) in [6.45, 7) is 5.49. The Hall–Kier alpha value is -2.11. The van der Waals surface area contributed by atoms with Gasteiger partial charge in [-0.25, -0.2) is 0 Å². The highest BCUT2D eigenvalue weighted by atomic mass is 16.5. The second kappa shape index (κ2) is 6.72. The van der Waals surface area contributed by atoms with Crippen LogP contribution in [0.5, 0.6) is 0 Å². The third kappa shape index (κ3) is 4.24. The molecule has 0 bridgehead atoms. The van der Waals surface area contributed by atoms with Gasteiger partial charge in [-0.2, -0.15) is 0 Å². The Kier molecular flexibility index (Phi) is 5.29. The summed E-state index contributed by atoms with van der Waals surface area (Å²) in [7, 11) is 0. The third-order valence-corrected chi connectivity index (χ3v) is 2.52. The van der Waals surface area contributed by atoms with E-state index in [1.54, 1.807) is 6.92 Å². The lowest BCUT2D eigenvalue weighted by molar-refractivity contribution is -0.144. The number of hydrogen-bond acceptors (Lipinski definition) is 4. The fourth-order valence-electron chi connectivity index (χ4n) is 1.54. The number of nitrogens with one attached hydrogen (secondary N) is 1. The lowest BCUT2D eigenvalue weighted by Crippen LogP contribution is -2.41. The van der Waals surface area contributed by atoms with E-state index >= 15 is 0 Å². The molecule has 0 saturated carbocycles. The van der Waals surface area contributed by atoms with E-state index in [0.29, 0.717) is 5.56 Å². The minimum Gasteiger partial charge on any atom is -0.465 e. The Morgan fingerprint density at radius 1 is 1.37 bits per heavy atom. The van der Waals surface area contributed by atoms with Crippen LogP contribution < -0.4 is 5.56 Å². The van der Waals surface area contributed by atoms with E-state index in [-0.39, 0.29) is 30.7 Å². The minimum absolute atomic E-state index is 0.108. The monoisotopic (exact) mass is 266 g/mol. The summed E-state index contributed by atoms with van der Waals surface area (Å²) in [5.41, 5.74) is 0.0515. The third-order valence-electron chi connectivity index (χ3n) is 2.52. The highest BCUT2D eigenvalue weighted by Crippen LogP contribution is 2.07. The number of H-pyrrole nitrogens is 1. The smallest absolute Gasteiger partial charge is 0.325 e. The fourth-order valence-corrected chi connectivity index (χ4v) is 1.54. The van der Waals surface area contributed by atoms with Crippen molar-refractivity contribution >= 4 is 11.9 Å². The van der Waals surface area contributed by atoms with Crippen LogP contribution in [0, 0.1) is 0 Å². The lowest BCUT2D eigenvalue weighted by atomic mass is 10.2. The van der Waals surface area contributed by atoms with Crippen LogP contribution in [-0.2, 0) is 9.53 Å². The minimum atomic E-state index is -0.450. The van der Waals surface area contributed by atoms with Crippen LogP contribution in [0.1, 0.15) is 31.1 Å². The molecule has 1 heterocycles. The van der Waals surface area contributed by atoms with E-state index in [9.17, 15) is 14.4 Å². The molecule has 1 amide bonds. The van der Waals surface area contributed by atoms with Crippen molar-refractivity contribution in [3.63, 3.8) is 0 Å². The van der Waals surface area contributed by atoms with E-state index in [4.69, 9.17) is 4.74 Å². The van der Waals surface area contributed by atoms with Gasteiger partial charge in [0.05, 0.1) is 12.2 Å². The van der Waals surface area contributed by atoms with Gasteiger partial charge in [-0.05, 0) is 26.8 Å². The summed E-state index contributed by atoms with van der Waals surface area (Å²) in [6, 6.07) is 2.56. The quantitative estimate of drug-likeness (QED) is 0.799. The number of esters is 1. The van der Waals surface area contributed by atoms with E-state index in [1.807, 2.05) is 13.8 Å². The summed E-state index contributed by atoms with van der Waals surface area (Å²) in [5.74, 6) is -0.770. The average Bonchev–Trinajstić information content (AvgIpc) is 2.36. The number of amides is 1. The topological polar surface area (TPSA) is 79.5 Å². The van der Waals surface area contributed by atoms with Crippen LogP contribution in [0.3, 0.4) is 0 Å². The van der Waals surface area contributed by atoms with Gasteiger partial charge in [-0.1, -0.05) is 0 Å².